The fraction of sp³-hybridized carbons (Fsp3) is 0.333. The summed E-state index contributed by atoms with van der Waals surface area (Å²) in [6.45, 7) is 4.37. The van der Waals surface area contributed by atoms with Crippen LogP contribution in [0.2, 0.25) is 0 Å². The lowest BCUT2D eigenvalue weighted by Gasteiger charge is -2.18. The molecule has 0 radical (unpaired) electrons. The van der Waals surface area contributed by atoms with Crippen molar-refractivity contribution in [3.05, 3.63) is 64.1 Å². The zero-order valence-corrected chi connectivity index (χ0v) is 15.8. The number of ether oxygens (including phenoxy) is 1. The summed E-state index contributed by atoms with van der Waals surface area (Å²) in [5.74, 6) is 0.297. The molecular formula is C21H24N2O4. The van der Waals surface area contributed by atoms with E-state index in [2.05, 4.69) is 5.32 Å². The van der Waals surface area contributed by atoms with Gasteiger partial charge in [0.25, 0.3) is 0 Å². The molecule has 0 saturated carbocycles. The van der Waals surface area contributed by atoms with Gasteiger partial charge < -0.3 is 14.5 Å². The van der Waals surface area contributed by atoms with E-state index >= 15 is 0 Å². The molecule has 142 valence electrons. The van der Waals surface area contributed by atoms with E-state index in [4.69, 9.17) is 9.15 Å². The van der Waals surface area contributed by atoms with Crippen LogP contribution in [0.15, 0.2) is 51.7 Å². The van der Waals surface area contributed by atoms with Gasteiger partial charge in [0.1, 0.15) is 5.75 Å². The standard InChI is InChI=1S/C21H24N2O4/c1-14-10-11-18(26-3)16(13-14)15(2)22-20(24)9-6-12-23-17-7-4-5-8-19(17)27-21(23)25/h4-5,7-8,10-11,13,15H,6,9,12H2,1-3H3,(H,22,24). The fourth-order valence-electron chi connectivity index (χ4n) is 3.21. The van der Waals surface area contributed by atoms with E-state index in [-0.39, 0.29) is 11.9 Å². The maximum Gasteiger partial charge on any atom is 0.419 e. The number of para-hydroxylation sites is 2. The molecule has 0 aliphatic rings. The Kier molecular flexibility index (Phi) is 5.64. The number of benzene rings is 2. The Morgan fingerprint density at radius 3 is 2.81 bits per heavy atom. The van der Waals surface area contributed by atoms with Gasteiger partial charge in [0.15, 0.2) is 5.58 Å². The lowest BCUT2D eigenvalue weighted by Crippen LogP contribution is -2.27. The van der Waals surface area contributed by atoms with Crippen LogP contribution in [0.1, 0.15) is 36.9 Å². The molecule has 2 aromatic carbocycles. The van der Waals surface area contributed by atoms with Crippen LogP contribution < -0.4 is 15.8 Å². The molecule has 6 heteroatoms. The van der Waals surface area contributed by atoms with Gasteiger partial charge in [-0.2, -0.15) is 0 Å². The van der Waals surface area contributed by atoms with Gasteiger partial charge in [0, 0.05) is 18.5 Å². The molecule has 1 unspecified atom stereocenters. The van der Waals surface area contributed by atoms with Crippen LogP contribution in [0.3, 0.4) is 0 Å². The third-order valence-electron chi connectivity index (χ3n) is 4.59. The van der Waals surface area contributed by atoms with Crippen molar-refractivity contribution in [1.29, 1.82) is 0 Å². The average molecular weight is 368 g/mol. The Labute approximate surface area is 157 Å². The van der Waals surface area contributed by atoms with Crippen molar-refractivity contribution >= 4 is 17.0 Å². The summed E-state index contributed by atoms with van der Waals surface area (Å²) in [5.41, 5.74) is 3.37. The number of hydrogen-bond donors (Lipinski definition) is 1. The quantitative estimate of drug-likeness (QED) is 0.692. The largest absolute Gasteiger partial charge is 0.496 e. The second kappa shape index (κ2) is 8.12. The van der Waals surface area contributed by atoms with E-state index in [1.165, 1.54) is 0 Å². The monoisotopic (exact) mass is 368 g/mol. The van der Waals surface area contributed by atoms with Crippen LogP contribution in [-0.2, 0) is 11.3 Å². The number of nitrogens with one attached hydrogen (secondary N) is 1. The van der Waals surface area contributed by atoms with Gasteiger partial charge in [-0.25, -0.2) is 4.79 Å². The Morgan fingerprint density at radius 1 is 1.26 bits per heavy atom. The smallest absolute Gasteiger partial charge is 0.419 e. The summed E-state index contributed by atoms with van der Waals surface area (Å²) in [7, 11) is 1.62. The normalized spacial score (nSPS) is 12.1. The SMILES string of the molecule is COc1ccc(C)cc1C(C)NC(=O)CCCn1c(=O)oc2ccccc21. The van der Waals surface area contributed by atoms with Crippen molar-refractivity contribution < 1.29 is 13.9 Å². The second-order valence-electron chi connectivity index (χ2n) is 6.63. The number of carbonyl (C=O) groups is 1. The van der Waals surface area contributed by atoms with Crippen LogP contribution in [0.25, 0.3) is 11.1 Å². The summed E-state index contributed by atoms with van der Waals surface area (Å²) in [6, 6.07) is 13.0. The molecule has 1 N–H and O–H groups in total. The van der Waals surface area contributed by atoms with Crippen LogP contribution in [0.5, 0.6) is 5.75 Å². The predicted octanol–water partition coefficient (Wildman–Crippen LogP) is 3.57. The van der Waals surface area contributed by atoms with Crippen LogP contribution in [0, 0.1) is 6.92 Å². The molecule has 0 aliphatic carbocycles. The number of oxazole rings is 1. The number of nitrogens with zero attached hydrogens (tertiary/aromatic N) is 1. The number of amides is 1. The summed E-state index contributed by atoms with van der Waals surface area (Å²) in [4.78, 5) is 24.3. The molecular weight excluding hydrogens is 344 g/mol. The van der Waals surface area contributed by atoms with Gasteiger partial charge >= 0.3 is 5.76 Å². The Hall–Kier alpha value is -3.02. The number of aromatic nitrogens is 1. The fourth-order valence-corrected chi connectivity index (χ4v) is 3.21. The van der Waals surface area contributed by atoms with Crippen molar-refractivity contribution in [1.82, 2.24) is 9.88 Å². The molecule has 27 heavy (non-hydrogen) atoms. The molecule has 3 rings (SSSR count). The highest BCUT2D eigenvalue weighted by molar-refractivity contribution is 5.76. The summed E-state index contributed by atoms with van der Waals surface area (Å²) >= 11 is 0. The first kappa shape index (κ1) is 18.8. The number of carbonyl (C=O) groups excluding carboxylic acids is 1. The van der Waals surface area contributed by atoms with Gasteiger partial charge in [-0.15, -0.1) is 0 Å². The Balaban J connectivity index is 1.59. The van der Waals surface area contributed by atoms with E-state index in [0.717, 1.165) is 22.4 Å². The second-order valence-corrected chi connectivity index (χ2v) is 6.63. The predicted molar refractivity (Wildman–Crippen MR) is 104 cm³/mol. The molecule has 0 aliphatic heterocycles. The highest BCUT2D eigenvalue weighted by Gasteiger charge is 2.15. The van der Waals surface area contributed by atoms with Gasteiger partial charge in [-0.3, -0.25) is 9.36 Å². The number of rotatable bonds is 7. The zero-order chi connectivity index (χ0) is 19.4. The summed E-state index contributed by atoms with van der Waals surface area (Å²) in [6.07, 6.45) is 0.872. The van der Waals surface area contributed by atoms with Crippen molar-refractivity contribution in [3.63, 3.8) is 0 Å². The molecule has 0 saturated heterocycles. The molecule has 0 fully saturated rings. The maximum atomic E-state index is 12.3. The third-order valence-corrected chi connectivity index (χ3v) is 4.59. The molecule has 1 atom stereocenters. The number of hydrogen-bond acceptors (Lipinski definition) is 4. The van der Waals surface area contributed by atoms with Crippen LogP contribution in [-0.4, -0.2) is 17.6 Å². The van der Waals surface area contributed by atoms with E-state index in [1.807, 2.05) is 50.2 Å². The molecule has 0 spiro atoms. The van der Waals surface area contributed by atoms with Gasteiger partial charge in [-0.1, -0.05) is 29.8 Å². The molecule has 1 amide bonds. The highest BCUT2D eigenvalue weighted by atomic mass is 16.5. The average Bonchev–Trinajstić information content (AvgIpc) is 2.97. The number of fused-ring (bicyclic) bond motifs is 1. The van der Waals surface area contributed by atoms with Crippen molar-refractivity contribution in [2.45, 2.75) is 39.3 Å². The van der Waals surface area contributed by atoms with Gasteiger partial charge in [-0.05, 0) is 38.5 Å². The minimum atomic E-state index is -0.394. The zero-order valence-electron chi connectivity index (χ0n) is 15.8. The number of aryl methyl sites for hydroxylation is 2. The van der Waals surface area contributed by atoms with Crippen molar-refractivity contribution in [2.75, 3.05) is 7.11 Å². The van der Waals surface area contributed by atoms with E-state index in [1.54, 1.807) is 17.7 Å². The lowest BCUT2D eigenvalue weighted by molar-refractivity contribution is -0.121. The minimum Gasteiger partial charge on any atom is -0.496 e. The maximum absolute atomic E-state index is 12.3. The molecule has 1 aromatic heterocycles. The summed E-state index contributed by atoms with van der Waals surface area (Å²) in [5, 5.41) is 3.00. The van der Waals surface area contributed by atoms with E-state index < -0.39 is 5.76 Å². The lowest BCUT2D eigenvalue weighted by atomic mass is 10.0. The molecule has 6 nitrogen and oxygen atoms in total. The molecule has 1 heterocycles. The third kappa shape index (κ3) is 4.22. The topological polar surface area (TPSA) is 73.5 Å². The first-order valence-corrected chi connectivity index (χ1v) is 9.02. The van der Waals surface area contributed by atoms with Crippen LogP contribution >= 0.6 is 0 Å². The first-order valence-electron chi connectivity index (χ1n) is 9.02. The minimum absolute atomic E-state index is 0.0630. The van der Waals surface area contributed by atoms with E-state index in [0.29, 0.717) is 25.0 Å². The summed E-state index contributed by atoms with van der Waals surface area (Å²) < 4.78 is 12.2. The first-order chi connectivity index (χ1) is 13.0. The van der Waals surface area contributed by atoms with Gasteiger partial charge in [0.05, 0.1) is 18.7 Å². The molecule has 0 bridgehead atoms. The van der Waals surface area contributed by atoms with Crippen LogP contribution in [0.4, 0.5) is 0 Å². The van der Waals surface area contributed by atoms with Crippen molar-refractivity contribution in [2.24, 2.45) is 0 Å². The Bertz CT molecular complexity index is 1000. The highest BCUT2D eigenvalue weighted by Crippen LogP contribution is 2.26. The van der Waals surface area contributed by atoms with E-state index in [9.17, 15) is 9.59 Å². The van der Waals surface area contributed by atoms with Gasteiger partial charge in [0.2, 0.25) is 5.91 Å². The van der Waals surface area contributed by atoms with Crippen molar-refractivity contribution in [3.8, 4) is 5.75 Å². The molecule has 3 aromatic rings. The Morgan fingerprint density at radius 2 is 2.04 bits per heavy atom. The number of methoxy groups -OCH3 is 1.